The van der Waals surface area contributed by atoms with Gasteiger partial charge in [0.15, 0.2) is 0 Å². The highest BCUT2D eigenvalue weighted by Crippen LogP contribution is 2.20. The molecule has 0 radical (unpaired) electrons. The lowest BCUT2D eigenvalue weighted by atomic mass is 9.88. The van der Waals surface area contributed by atoms with E-state index in [9.17, 15) is 4.79 Å². The molecule has 0 spiro atoms. The largest absolute Gasteiger partial charge is 0.480 e. The first kappa shape index (κ1) is 13.7. The highest BCUT2D eigenvalue weighted by atomic mass is 16.4. The van der Waals surface area contributed by atoms with Crippen LogP contribution in [0.3, 0.4) is 0 Å². The number of aliphatic carboxylic acids is 1. The van der Waals surface area contributed by atoms with E-state index >= 15 is 0 Å². The number of hydrogen-bond acceptors (Lipinski definition) is 2. The summed E-state index contributed by atoms with van der Waals surface area (Å²) in [7, 11) is 0. The summed E-state index contributed by atoms with van der Waals surface area (Å²) < 4.78 is 0. The van der Waals surface area contributed by atoms with E-state index in [2.05, 4.69) is 32.9 Å². The van der Waals surface area contributed by atoms with Gasteiger partial charge in [0.2, 0.25) is 0 Å². The molecule has 0 aliphatic heterocycles. The molecule has 17 heavy (non-hydrogen) atoms. The third-order valence-electron chi connectivity index (χ3n) is 2.53. The predicted molar refractivity (Wildman–Crippen MR) is 68.9 cm³/mol. The summed E-state index contributed by atoms with van der Waals surface area (Å²) >= 11 is 0. The van der Waals surface area contributed by atoms with Crippen LogP contribution in [-0.2, 0) is 17.6 Å². The van der Waals surface area contributed by atoms with Crippen molar-refractivity contribution in [1.82, 2.24) is 0 Å². The van der Waals surface area contributed by atoms with Gasteiger partial charge in [-0.15, -0.1) is 0 Å². The molecule has 0 bridgehead atoms. The van der Waals surface area contributed by atoms with Crippen molar-refractivity contribution in [1.29, 1.82) is 0 Å². The van der Waals surface area contributed by atoms with E-state index in [1.165, 1.54) is 5.56 Å². The summed E-state index contributed by atoms with van der Waals surface area (Å²) in [6, 6.07) is 7.21. The van der Waals surface area contributed by atoms with E-state index in [1.54, 1.807) is 0 Å². The van der Waals surface area contributed by atoms with E-state index < -0.39 is 12.0 Å². The van der Waals surface area contributed by atoms with Crippen LogP contribution in [0.25, 0.3) is 0 Å². The molecule has 1 atom stereocenters. The minimum atomic E-state index is -0.955. The van der Waals surface area contributed by atoms with Crippen molar-refractivity contribution in [3.05, 3.63) is 35.4 Å². The molecule has 0 amide bonds. The Morgan fingerprint density at radius 2 is 1.71 bits per heavy atom. The normalized spacial score (nSPS) is 13.4. The Labute approximate surface area is 103 Å². The molecule has 1 rings (SSSR count). The molecule has 0 aromatic heterocycles. The third kappa shape index (κ3) is 5.00. The SMILES string of the molecule is CC(C)(C)Cc1ccc(CC(N)C(=O)O)cc1. The fourth-order valence-corrected chi connectivity index (χ4v) is 1.75. The third-order valence-corrected chi connectivity index (χ3v) is 2.53. The standard InChI is InChI=1S/C14H21NO2/c1-14(2,3)9-11-6-4-10(5-7-11)8-12(15)13(16)17/h4-7,12H,8-9,15H2,1-3H3,(H,16,17). The Bertz CT molecular complexity index is 376. The van der Waals surface area contributed by atoms with Crippen molar-refractivity contribution in [2.45, 2.75) is 39.7 Å². The molecule has 94 valence electrons. The van der Waals surface area contributed by atoms with Gasteiger partial charge in [0.25, 0.3) is 0 Å². The second kappa shape index (κ2) is 5.32. The highest BCUT2D eigenvalue weighted by molar-refractivity contribution is 5.73. The molecule has 1 aromatic carbocycles. The lowest BCUT2D eigenvalue weighted by Crippen LogP contribution is -2.32. The highest BCUT2D eigenvalue weighted by Gasteiger charge is 2.13. The Hall–Kier alpha value is -1.35. The molecule has 3 N–H and O–H groups in total. The summed E-state index contributed by atoms with van der Waals surface area (Å²) in [5.74, 6) is -0.955. The van der Waals surface area contributed by atoms with Gasteiger partial charge in [-0.1, -0.05) is 45.0 Å². The minimum Gasteiger partial charge on any atom is -0.480 e. The number of carbonyl (C=O) groups is 1. The quantitative estimate of drug-likeness (QED) is 0.841. The van der Waals surface area contributed by atoms with Gasteiger partial charge in [-0.25, -0.2) is 0 Å². The van der Waals surface area contributed by atoms with Crippen LogP contribution in [0.15, 0.2) is 24.3 Å². The van der Waals surface area contributed by atoms with Crippen LogP contribution < -0.4 is 5.73 Å². The van der Waals surface area contributed by atoms with Crippen LogP contribution in [-0.4, -0.2) is 17.1 Å². The molecule has 3 heteroatoms. The van der Waals surface area contributed by atoms with Crippen molar-refractivity contribution in [3.8, 4) is 0 Å². The zero-order valence-corrected chi connectivity index (χ0v) is 10.7. The average molecular weight is 235 g/mol. The van der Waals surface area contributed by atoms with E-state index in [-0.39, 0.29) is 5.41 Å². The summed E-state index contributed by atoms with van der Waals surface area (Å²) in [4.78, 5) is 10.6. The molecule has 0 aliphatic carbocycles. The molecular formula is C14H21NO2. The molecular weight excluding hydrogens is 214 g/mol. The maximum atomic E-state index is 10.6. The number of carboxylic acids is 1. The van der Waals surface area contributed by atoms with Crippen LogP contribution in [0.2, 0.25) is 0 Å². The van der Waals surface area contributed by atoms with E-state index in [0.29, 0.717) is 6.42 Å². The number of hydrogen-bond donors (Lipinski definition) is 2. The second-order valence-corrected chi connectivity index (χ2v) is 5.70. The van der Waals surface area contributed by atoms with Gasteiger partial charge < -0.3 is 10.8 Å². The van der Waals surface area contributed by atoms with Gasteiger partial charge in [0.1, 0.15) is 6.04 Å². The smallest absolute Gasteiger partial charge is 0.320 e. The van der Waals surface area contributed by atoms with Crippen LogP contribution in [0.4, 0.5) is 0 Å². The van der Waals surface area contributed by atoms with Crippen molar-refractivity contribution in [3.63, 3.8) is 0 Å². The second-order valence-electron chi connectivity index (χ2n) is 5.70. The first-order chi connectivity index (χ1) is 7.78. The first-order valence-electron chi connectivity index (χ1n) is 5.84. The molecule has 0 saturated carbocycles. The Morgan fingerprint density at radius 3 is 2.12 bits per heavy atom. The van der Waals surface area contributed by atoms with Crippen molar-refractivity contribution >= 4 is 5.97 Å². The average Bonchev–Trinajstić information content (AvgIpc) is 2.18. The van der Waals surface area contributed by atoms with Gasteiger partial charge in [-0.05, 0) is 29.4 Å². The maximum Gasteiger partial charge on any atom is 0.320 e. The zero-order chi connectivity index (χ0) is 13.1. The topological polar surface area (TPSA) is 63.3 Å². The lowest BCUT2D eigenvalue weighted by Gasteiger charge is -2.18. The zero-order valence-electron chi connectivity index (χ0n) is 10.7. The van der Waals surface area contributed by atoms with Crippen LogP contribution in [0, 0.1) is 5.41 Å². The van der Waals surface area contributed by atoms with Crippen LogP contribution >= 0.6 is 0 Å². The van der Waals surface area contributed by atoms with Gasteiger partial charge in [-0.2, -0.15) is 0 Å². The summed E-state index contributed by atoms with van der Waals surface area (Å²) in [6.45, 7) is 6.59. The predicted octanol–water partition coefficient (Wildman–Crippen LogP) is 2.23. The molecule has 3 nitrogen and oxygen atoms in total. The Kier molecular flexibility index (Phi) is 4.29. The van der Waals surface area contributed by atoms with E-state index in [1.807, 2.05) is 12.1 Å². The maximum absolute atomic E-state index is 10.6. The number of carboxylic acid groups (broad SMARTS) is 1. The van der Waals surface area contributed by atoms with Gasteiger partial charge in [0, 0.05) is 0 Å². The fourth-order valence-electron chi connectivity index (χ4n) is 1.75. The summed E-state index contributed by atoms with van der Waals surface area (Å²) in [6.07, 6.45) is 1.39. The number of rotatable bonds is 4. The fraction of sp³-hybridized carbons (Fsp3) is 0.500. The molecule has 0 heterocycles. The summed E-state index contributed by atoms with van der Waals surface area (Å²) in [5, 5.41) is 8.73. The monoisotopic (exact) mass is 235 g/mol. The van der Waals surface area contributed by atoms with Crippen molar-refractivity contribution in [2.75, 3.05) is 0 Å². The van der Waals surface area contributed by atoms with Gasteiger partial charge in [-0.3, -0.25) is 4.79 Å². The van der Waals surface area contributed by atoms with Crippen molar-refractivity contribution in [2.24, 2.45) is 11.1 Å². The molecule has 0 aliphatic rings. The Balaban J connectivity index is 2.65. The number of benzene rings is 1. The van der Waals surface area contributed by atoms with Gasteiger partial charge in [0.05, 0.1) is 0 Å². The summed E-state index contributed by atoms with van der Waals surface area (Å²) in [5.41, 5.74) is 7.99. The van der Waals surface area contributed by atoms with Crippen LogP contribution in [0.5, 0.6) is 0 Å². The lowest BCUT2D eigenvalue weighted by molar-refractivity contribution is -0.138. The first-order valence-corrected chi connectivity index (χ1v) is 5.84. The Morgan fingerprint density at radius 1 is 1.24 bits per heavy atom. The molecule has 0 fully saturated rings. The molecule has 0 saturated heterocycles. The molecule has 1 unspecified atom stereocenters. The minimum absolute atomic E-state index is 0.263. The number of nitrogens with two attached hydrogens (primary N) is 1. The van der Waals surface area contributed by atoms with E-state index in [0.717, 1.165) is 12.0 Å². The molecule has 1 aromatic rings. The van der Waals surface area contributed by atoms with Crippen LogP contribution in [0.1, 0.15) is 31.9 Å². The van der Waals surface area contributed by atoms with E-state index in [4.69, 9.17) is 10.8 Å². The van der Waals surface area contributed by atoms with Crippen molar-refractivity contribution < 1.29 is 9.90 Å². The van der Waals surface area contributed by atoms with Gasteiger partial charge >= 0.3 is 5.97 Å².